The van der Waals surface area contributed by atoms with Crippen molar-refractivity contribution >= 4 is 39.1 Å². The fourth-order valence-corrected chi connectivity index (χ4v) is 3.17. The number of nitrogens with one attached hydrogen (secondary N) is 1. The van der Waals surface area contributed by atoms with Gasteiger partial charge in [-0.25, -0.2) is 9.97 Å². The van der Waals surface area contributed by atoms with E-state index >= 15 is 0 Å². The number of fused-ring (bicyclic) bond motifs is 1. The average Bonchev–Trinajstić information content (AvgIpc) is 3.05. The Kier molecular flexibility index (Phi) is 3.83. The molecule has 0 aliphatic carbocycles. The van der Waals surface area contributed by atoms with Crippen LogP contribution in [0.3, 0.4) is 0 Å². The third-order valence-corrected chi connectivity index (χ3v) is 4.17. The first-order chi connectivity index (χ1) is 9.76. The maximum atomic E-state index is 5.33. The molecule has 0 saturated carbocycles. The van der Waals surface area contributed by atoms with Crippen LogP contribution in [-0.4, -0.2) is 26.7 Å². The molecule has 20 heavy (non-hydrogen) atoms. The standard InChI is InChI=1S/C12H13N5OS2/c1-3-13-10-8-4-5-19-11(8)15-9(14-10)6-20-12-17-16-7(2)18-12/h4-5H,3,6H2,1-2H3,(H,13,14,15). The van der Waals surface area contributed by atoms with Crippen LogP contribution in [0, 0.1) is 6.92 Å². The molecule has 104 valence electrons. The van der Waals surface area contributed by atoms with E-state index < -0.39 is 0 Å². The second-order valence-corrected chi connectivity index (χ2v) is 5.86. The third-order valence-electron chi connectivity index (χ3n) is 2.55. The number of aromatic nitrogens is 4. The zero-order chi connectivity index (χ0) is 13.9. The molecule has 3 rings (SSSR count). The van der Waals surface area contributed by atoms with Gasteiger partial charge in [0.05, 0.1) is 11.1 Å². The fourth-order valence-electron chi connectivity index (χ4n) is 1.73. The molecular formula is C12H13N5OS2. The number of anilines is 1. The van der Waals surface area contributed by atoms with Crippen molar-refractivity contribution in [2.24, 2.45) is 0 Å². The van der Waals surface area contributed by atoms with Crippen LogP contribution in [0.4, 0.5) is 5.82 Å². The molecule has 0 saturated heterocycles. The van der Waals surface area contributed by atoms with Gasteiger partial charge in [0.2, 0.25) is 5.89 Å². The zero-order valence-corrected chi connectivity index (χ0v) is 12.7. The molecule has 1 N–H and O–H groups in total. The van der Waals surface area contributed by atoms with Gasteiger partial charge in [-0.2, -0.15) is 0 Å². The first-order valence-corrected chi connectivity index (χ1v) is 8.03. The Bertz CT molecular complexity index is 724. The van der Waals surface area contributed by atoms with Gasteiger partial charge in [-0.15, -0.1) is 21.5 Å². The molecule has 0 aliphatic rings. The summed E-state index contributed by atoms with van der Waals surface area (Å²) in [4.78, 5) is 10.1. The van der Waals surface area contributed by atoms with Gasteiger partial charge >= 0.3 is 0 Å². The van der Waals surface area contributed by atoms with Crippen molar-refractivity contribution in [3.8, 4) is 0 Å². The molecular weight excluding hydrogens is 294 g/mol. The van der Waals surface area contributed by atoms with Crippen molar-refractivity contribution in [1.82, 2.24) is 20.2 Å². The number of hydrogen-bond acceptors (Lipinski definition) is 8. The Hall–Kier alpha value is -1.67. The lowest BCUT2D eigenvalue weighted by Gasteiger charge is -2.06. The summed E-state index contributed by atoms with van der Waals surface area (Å²) in [6.07, 6.45) is 0. The van der Waals surface area contributed by atoms with Crippen molar-refractivity contribution in [2.45, 2.75) is 24.8 Å². The summed E-state index contributed by atoms with van der Waals surface area (Å²) in [5.74, 6) is 2.82. The highest BCUT2D eigenvalue weighted by Crippen LogP contribution is 2.27. The minimum Gasteiger partial charge on any atom is -0.416 e. The highest BCUT2D eigenvalue weighted by molar-refractivity contribution is 7.98. The molecule has 0 radical (unpaired) electrons. The molecule has 3 heterocycles. The molecule has 0 atom stereocenters. The summed E-state index contributed by atoms with van der Waals surface area (Å²) in [6, 6.07) is 2.04. The Morgan fingerprint density at radius 3 is 3.00 bits per heavy atom. The van der Waals surface area contributed by atoms with E-state index in [2.05, 4.69) is 32.4 Å². The van der Waals surface area contributed by atoms with Crippen LogP contribution >= 0.6 is 23.1 Å². The highest BCUT2D eigenvalue weighted by Gasteiger charge is 2.10. The van der Waals surface area contributed by atoms with Crippen LogP contribution in [0.5, 0.6) is 0 Å². The summed E-state index contributed by atoms with van der Waals surface area (Å²) >= 11 is 3.06. The van der Waals surface area contributed by atoms with Gasteiger partial charge in [-0.05, 0) is 18.4 Å². The lowest BCUT2D eigenvalue weighted by Crippen LogP contribution is -2.03. The molecule has 0 aromatic carbocycles. The van der Waals surface area contributed by atoms with Crippen LogP contribution < -0.4 is 5.32 Å². The predicted octanol–water partition coefficient (Wildman–Crippen LogP) is 3.11. The summed E-state index contributed by atoms with van der Waals surface area (Å²) in [5.41, 5.74) is 0. The van der Waals surface area contributed by atoms with E-state index in [9.17, 15) is 0 Å². The van der Waals surface area contributed by atoms with Crippen molar-refractivity contribution in [3.63, 3.8) is 0 Å². The molecule has 0 bridgehead atoms. The summed E-state index contributed by atoms with van der Waals surface area (Å²) in [6.45, 7) is 4.65. The summed E-state index contributed by atoms with van der Waals surface area (Å²) in [5, 5.41) is 14.7. The number of rotatable bonds is 5. The van der Waals surface area contributed by atoms with Gasteiger partial charge in [0, 0.05) is 13.5 Å². The second kappa shape index (κ2) is 5.76. The normalized spacial score (nSPS) is 11.1. The van der Waals surface area contributed by atoms with Gasteiger partial charge < -0.3 is 9.73 Å². The summed E-state index contributed by atoms with van der Waals surface area (Å²) in [7, 11) is 0. The molecule has 0 unspecified atom stereocenters. The van der Waals surface area contributed by atoms with Gasteiger partial charge in [0.15, 0.2) is 0 Å². The largest absolute Gasteiger partial charge is 0.416 e. The van der Waals surface area contributed by atoms with E-state index in [1.807, 2.05) is 11.4 Å². The molecule has 0 aliphatic heterocycles. The van der Waals surface area contributed by atoms with Crippen molar-refractivity contribution in [3.05, 3.63) is 23.2 Å². The van der Waals surface area contributed by atoms with E-state index in [1.54, 1.807) is 18.3 Å². The fraction of sp³-hybridized carbons (Fsp3) is 0.333. The van der Waals surface area contributed by atoms with Crippen LogP contribution in [-0.2, 0) is 5.75 Å². The number of aryl methyl sites for hydroxylation is 1. The van der Waals surface area contributed by atoms with E-state index in [4.69, 9.17) is 4.42 Å². The molecule has 3 aromatic rings. The number of thioether (sulfide) groups is 1. The minimum absolute atomic E-state index is 0.544. The Balaban J connectivity index is 1.83. The van der Waals surface area contributed by atoms with E-state index in [1.165, 1.54) is 11.8 Å². The zero-order valence-electron chi connectivity index (χ0n) is 11.1. The van der Waals surface area contributed by atoms with Gasteiger partial charge in [-0.3, -0.25) is 0 Å². The first-order valence-electron chi connectivity index (χ1n) is 6.17. The topological polar surface area (TPSA) is 76.7 Å². The minimum atomic E-state index is 0.544. The van der Waals surface area contributed by atoms with E-state index in [-0.39, 0.29) is 0 Å². The monoisotopic (exact) mass is 307 g/mol. The highest BCUT2D eigenvalue weighted by atomic mass is 32.2. The van der Waals surface area contributed by atoms with Crippen LogP contribution in [0.15, 0.2) is 21.1 Å². The van der Waals surface area contributed by atoms with Crippen LogP contribution in [0.2, 0.25) is 0 Å². The molecule has 3 aromatic heterocycles. The Labute approximate surface area is 124 Å². The van der Waals surface area contributed by atoms with Gasteiger partial charge in [0.25, 0.3) is 5.22 Å². The second-order valence-electron chi connectivity index (χ2n) is 4.03. The maximum Gasteiger partial charge on any atom is 0.277 e. The Morgan fingerprint density at radius 1 is 1.35 bits per heavy atom. The number of hydrogen-bond donors (Lipinski definition) is 1. The number of nitrogens with zero attached hydrogens (tertiary/aromatic N) is 4. The molecule has 0 fully saturated rings. The Morgan fingerprint density at radius 2 is 2.25 bits per heavy atom. The van der Waals surface area contributed by atoms with Crippen molar-refractivity contribution < 1.29 is 4.42 Å². The average molecular weight is 307 g/mol. The van der Waals surface area contributed by atoms with Crippen molar-refractivity contribution in [1.29, 1.82) is 0 Å². The molecule has 8 heteroatoms. The summed E-state index contributed by atoms with van der Waals surface area (Å²) < 4.78 is 5.33. The van der Waals surface area contributed by atoms with E-state index in [0.29, 0.717) is 16.9 Å². The quantitative estimate of drug-likeness (QED) is 0.726. The molecule has 0 spiro atoms. The van der Waals surface area contributed by atoms with Crippen LogP contribution in [0.25, 0.3) is 10.2 Å². The maximum absolute atomic E-state index is 5.33. The van der Waals surface area contributed by atoms with Crippen molar-refractivity contribution in [2.75, 3.05) is 11.9 Å². The van der Waals surface area contributed by atoms with Gasteiger partial charge in [0.1, 0.15) is 16.5 Å². The smallest absolute Gasteiger partial charge is 0.277 e. The lowest BCUT2D eigenvalue weighted by atomic mass is 10.3. The van der Waals surface area contributed by atoms with Crippen LogP contribution in [0.1, 0.15) is 18.6 Å². The number of thiophene rings is 1. The molecule has 6 nitrogen and oxygen atoms in total. The van der Waals surface area contributed by atoms with E-state index in [0.717, 1.165) is 28.4 Å². The first kappa shape index (κ1) is 13.3. The molecule has 0 amide bonds. The SMILES string of the molecule is CCNc1nc(CSc2nnc(C)o2)nc2sccc12. The van der Waals surface area contributed by atoms with Gasteiger partial charge in [-0.1, -0.05) is 11.8 Å². The third kappa shape index (κ3) is 2.75. The lowest BCUT2D eigenvalue weighted by molar-refractivity contribution is 0.429. The predicted molar refractivity (Wildman–Crippen MR) is 80.2 cm³/mol.